The molecule has 1 aromatic rings. The number of amides is 1. The predicted molar refractivity (Wildman–Crippen MR) is 81.1 cm³/mol. The fourth-order valence-corrected chi connectivity index (χ4v) is 2.09. The Bertz CT molecular complexity index is 532. The smallest absolute Gasteiger partial charge is 0.381 e. The van der Waals surface area contributed by atoms with Gasteiger partial charge in [-0.2, -0.15) is 13.2 Å². The normalized spacial score (nSPS) is 14.7. The number of alkyl halides is 3. The fraction of sp³-hybridized carbons (Fsp3) is 0.733. The quantitative estimate of drug-likeness (QED) is 0.665. The molecule has 0 saturated carbocycles. The molecule has 0 spiro atoms. The van der Waals surface area contributed by atoms with Gasteiger partial charge in [0.1, 0.15) is 0 Å². The van der Waals surface area contributed by atoms with Crippen molar-refractivity contribution in [3.05, 3.63) is 18.2 Å². The molecule has 0 aliphatic heterocycles. The summed E-state index contributed by atoms with van der Waals surface area (Å²) < 4.78 is 46.2. The summed E-state index contributed by atoms with van der Waals surface area (Å²) in [7, 11) is 1.32. The summed E-state index contributed by atoms with van der Waals surface area (Å²) in [5, 5.41) is 12.4. The van der Waals surface area contributed by atoms with Gasteiger partial charge in [0.05, 0.1) is 6.42 Å². The Morgan fingerprint density at radius 3 is 2.62 bits per heavy atom. The van der Waals surface area contributed by atoms with Crippen molar-refractivity contribution in [3.63, 3.8) is 0 Å². The largest absolute Gasteiger partial charge is 0.425 e. The number of carbonyl (C=O) groups excluding carboxylic acids is 1. The highest BCUT2D eigenvalue weighted by Gasteiger charge is 2.58. The van der Waals surface area contributed by atoms with Crippen molar-refractivity contribution in [3.8, 4) is 0 Å². The summed E-state index contributed by atoms with van der Waals surface area (Å²) in [6.07, 6.45) is -3.28. The number of rotatable bonds is 9. The van der Waals surface area contributed by atoms with Crippen LogP contribution in [0.5, 0.6) is 0 Å². The van der Waals surface area contributed by atoms with E-state index < -0.39 is 29.9 Å². The zero-order chi connectivity index (χ0) is 18.4. The highest BCUT2D eigenvalue weighted by Crippen LogP contribution is 2.40. The third-order valence-electron chi connectivity index (χ3n) is 3.32. The van der Waals surface area contributed by atoms with Gasteiger partial charge in [0.2, 0.25) is 11.5 Å². The van der Waals surface area contributed by atoms with Gasteiger partial charge in [-0.3, -0.25) is 4.79 Å². The average Bonchev–Trinajstić information content (AvgIpc) is 2.87. The lowest BCUT2D eigenvalue weighted by molar-refractivity contribution is -0.271. The minimum atomic E-state index is -5.02. The molecule has 0 bridgehead atoms. The Kier molecular flexibility index (Phi) is 7.22. The van der Waals surface area contributed by atoms with Gasteiger partial charge in [-0.15, -0.1) is 0 Å². The zero-order valence-electron chi connectivity index (χ0n) is 14.1. The van der Waals surface area contributed by atoms with E-state index in [1.807, 2.05) is 13.8 Å². The molecule has 0 aromatic carbocycles. The predicted octanol–water partition coefficient (Wildman–Crippen LogP) is 1.74. The number of nitrogens with zero attached hydrogens (tertiary/aromatic N) is 2. The first-order chi connectivity index (χ1) is 11.1. The van der Waals surface area contributed by atoms with Gasteiger partial charge in [0, 0.05) is 39.2 Å². The van der Waals surface area contributed by atoms with Crippen molar-refractivity contribution < 1.29 is 27.8 Å². The Morgan fingerprint density at radius 2 is 2.12 bits per heavy atom. The van der Waals surface area contributed by atoms with Crippen molar-refractivity contribution in [1.82, 2.24) is 14.9 Å². The van der Waals surface area contributed by atoms with E-state index in [0.29, 0.717) is 25.6 Å². The SMILES string of the molecule is CC(C)COCCCNC(=O)CC(O)(c1nccn1C)C(F)(F)F. The van der Waals surface area contributed by atoms with Gasteiger partial charge in [0.25, 0.3) is 0 Å². The Balaban J connectivity index is 2.57. The van der Waals surface area contributed by atoms with Gasteiger partial charge in [0.15, 0.2) is 5.82 Å². The maximum Gasteiger partial charge on any atom is 0.425 e. The highest BCUT2D eigenvalue weighted by atomic mass is 19.4. The summed E-state index contributed by atoms with van der Waals surface area (Å²) >= 11 is 0. The van der Waals surface area contributed by atoms with Crippen LogP contribution in [0.3, 0.4) is 0 Å². The molecule has 1 aromatic heterocycles. The molecular formula is C15H24F3N3O3. The molecular weight excluding hydrogens is 327 g/mol. The third kappa shape index (κ3) is 5.48. The first kappa shape index (κ1) is 20.4. The number of ether oxygens (including phenoxy) is 1. The number of nitrogens with one attached hydrogen (secondary N) is 1. The van der Waals surface area contributed by atoms with Crippen LogP contribution >= 0.6 is 0 Å². The van der Waals surface area contributed by atoms with Gasteiger partial charge in [-0.05, 0) is 12.3 Å². The lowest BCUT2D eigenvalue weighted by atomic mass is 9.97. The molecule has 0 saturated heterocycles. The fourth-order valence-electron chi connectivity index (χ4n) is 2.09. The zero-order valence-corrected chi connectivity index (χ0v) is 14.1. The van der Waals surface area contributed by atoms with Crippen LogP contribution in [-0.4, -0.2) is 46.5 Å². The topological polar surface area (TPSA) is 76.4 Å². The molecule has 2 N–H and O–H groups in total. The first-order valence-electron chi connectivity index (χ1n) is 7.69. The van der Waals surface area contributed by atoms with E-state index in [0.717, 1.165) is 10.8 Å². The number of aryl methyl sites for hydroxylation is 1. The van der Waals surface area contributed by atoms with Gasteiger partial charge < -0.3 is 19.7 Å². The number of hydrogen-bond acceptors (Lipinski definition) is 4. The van der Waals surface area contributed by atoms with Crippen LogP contribution in [-0.2, 0) is 22.2 Å². The maximum atomic E-state index is 13.3. The second kappa shape index (κ2) is 8.48. The molecule has 6 nitrogen and oxygen atoms in total. The molecule has 138 valence electrons. The number of imidazole rings is 1. The Hall–Kier alpha value is -1.61. The van der Waals surface area contributed by atoms with Crippen LogP contribution in [0.4, 0.5) is 13.2 Å². The standard InChI is InChI=1S/C15H24F3N3O3/c1-11(2)10-24-8-4-5-19-12(22)9-14(23,15(16,17)18)13-20-6-7-21(13)3/h6-7,11,23H,4-5,8-10H2,1-3H3,(H,19,22). The summed E-state index contributed by atoms with van der Waals surface area (Å²) in [6.45, 7) is 5.16. The minimum Gasteiger partial charge on any atom is -0.381 e. The summed E-state index contributed by atoms with van der Waals surface area (Å²) in [5.74, 6) is -1.13. The number of halogens is 3. The number of aliphatic hydroxyl groups is 1. The number of aromatic nitrogens is 2. The molecule has 0 radical (unpaired) electrons. The molecule has 1 amide bonds. The average molecular weight is 351 g/mol. The van der Waals surface area contributed by atoms with E-state index in [-0.39, 0.29) is 6.54 Å². The number of carbonyl (C=O) groups is 1. The summed E-state index contributed by atoms with van der Waals surface area (Å²) in [4.78, 5) is 15.3. The molecule has 1 heterocycles. The molecule has 24 heavy (non-hydrogen) atoms. The van der Waals surface area contributed by atoms with E-state index in [2.05, 4.69) is 10.3 Å². The van der Waals surface area contributed by atoms with Crippen molar-refractivity contribution in [2.24, 2.45) is 13.0 Å². The number of hydrogen-bond donors (Lipinski definition) is 2. The van der Waals surface area contributed by atoms with Crippen LogP contribution in [0, 0.1) is 5.92 Å². The monoisotopic (exact) mass is 351 g/mol. The second-order valence-electron chi connectivity index (χ2n) is 6.07. The molecule has 1 atom stereocenters. The van der Waals surface area contributed by atoms with E-state index in [4.69, 9.17) is 4.74 Å². The minimum absolute atomic E-state index is 0.172. The lowest BCUT2D eigenvalue weighted by Gasteiger charge is -2.29. The first-order valence-corrected chi connectivity index (χ1v) is 7.69. The summed E-state index contributed by atoms with van der Waals surface area (Å²) in [5.41, 5.74) is -3.33. The van der Waals surface area contributed by atoms with Crippen molar-refractivity contribution >= 4 is 5.91 Å². The van der Waals surface area contributed by atoms with Gasteiger partial charge in [-0.25, -0.2) is 4.98 Å². The third-order valence-corrected chi connectivity index (χ3v) is 3.32. The van der Waals surface area contributed by atoms with Gasteiger partial charge in [-0.1, -0.05) is 13.8 Å². The van der Waals surface area contributed by atoms with E-state index in [9.17, 15) is 23.1 Å². The molecule has 0 aliphatic rings. The molecule has 0 fully saturated rings. The van der Waals surface area contributed by atoms with Crippen molar-refractivity contribution in [1.29, 1.82) is 0 Å². The Morgan fingerprint density at radius 1 is 1.46 bits per heavy atom. The molecule has 9 heteroatoms. The van der Waals surface area contributed by atoms with Crippen LogP contribution in [0.2, 0.25) is 0 Å². The van der Waals surface area contributed by atoms with Crippen molar-refractivity contribution in [2.45, 2.75) is 38.5 Å². The van der Waals surface area contributed by atoms with E-state index >= 15 is 0 Å². The molecule has 1 rings (SSSR count). The molecule has 0 aliphatic carbocycles. The van der Waals surface area contributed by atoms with Crippen LogP contribution < -0.4 is 5.32 Å². The van der Waals surface area contributed by atoms with Gasteiger partial charge >= 0.3 is 6.18 Å². The van der Waals surface area contributed by atoms with Crippen LogP contribution in [0.25, 0.3) is 0 Å². The lowest BCUT2D eigenvalue weighted by Crippen LogP contribution is -2.48. The highest BCUT2D eigenvalue weighted by molar-refractivity contribution is 5.77. The molecule has 1 unspecified atom stereocenters. The summed E-state index contributed by atoms with van der Waals surface area (Å²) in [6, 6.07) is 0. The Labute approximate surface area is 139 Å². The van der Waals surface area contributed by atoms with Crippen LogP contribution in [0.1, 0.15) is 32.5 Å². The van der Waals surface area contributed by atoms with Crippen molar-refractivity contribution in [2.75, 3.05) is 19.8 Å². The van der Waals surface area contributed by atoms with Crippen LogP contribution in [0.15, 0.2) is 12.4 Å². The maximum absolute atomic E-state index is 13.3. The second-order valence-corrected chi connectivity index (χ2v) is 6.07. The van der Waals surface area contributed by atoms with E-state index in [1.54, 1.807) is 0 Å². The van der Waals surface area contributed by atoms with E-state index in [1.165, 1.54) is 13.2 Å².